The van der Waals surface area contributed by atoms with Crippen LogP contribution in [-0.2, 0) is 23.8 Å². The van der Waals surface area contributed by atoms with Crippen LogP contribution in [0, 0.1) is 0 Å². The first-order valence-electron chi connectivity index (χ1n) is 35.5. The summed E-state index contributed by atoms with van der Waals surface area (Å²) in [5, 5.41) is 57.2. The monoisotopic (exact) mass is 1210 g/mol. The fourth-order valence-corrected chi connectivity index (χ4v) is 10.6. The average molecular weight is 1210 g/mol. The second kappa shape index (κ2) is 61.8. The highest BCUT2D eigenvalue weighted by Gasteiger charge is 2.47. The smallest absolute Gasteiger partial charge is 0.306 e. The van der Waals surface area contributed by atoms with E-state index in [9.17, 15) is 35.1 Å². The van der Waals surface area contributed by atoms with Crippen LogP contribution in [0.1, 0.15) is 303 Å². The topological polar surface area (TPSA) is 175 Å². The highest BCUT2D eigenvalue weighted by Crippen LogP contribution is 2.26. The van der Waals surface area contributed by atoms with E-state index in [1.165, 1.54) is 141 Å². The van der Waals surface area contributed by atoms with Crippen molar-refractivity contribution in [3.8, 4) is 0 Å². The van der Waals surface area contributed by atoms with Gasteiger partial charge in [0, 0.05) is 6.42 Å². The average Bonchev–Trinajstić information content (AvgIpc) is 3.39. The maximum Gasteiger partial charge on any atom is 0.306 e. The molecule has 1 aliphatic heterocycles. The Morgan fingerprint density at radius 3 is 1.22 bits per heavy atom. The van der Waals surface area contributed by atoms with Crippen molar-refractivity contribution in [1.29, 1.82) is 0 Å². The van der Waals surface area contributed by atoms with E-state index >= 15 is 0 Å². The highest BCUT2D eigenvalue weighted by atomic mass is 16.7. The molecule has 8 atom stereocenters. The largest absolute Gasteiger partial charge is 0.454 e. The van der Waals surface area contributed by atoms with E-state index in [4.69, 9.17) is 14.2 Å². The first kappa shape index (κ1) is 80.6. The van der Waals surface area contributed by atoms with Crippen LogP contribution in [0.3, 0.4) is 0 Å². The number of amides is 1. The van der Waals surface area contributed by atoms with E-state index in [1.54, 1.807) is 6.08 Å². The number of nitrogens with one attached hydrogen (secondary N) is 1. The minimum Gasteiger partial charge on any atom is -0.454 e. The quantitative estimate of drug-likeness (QED) is 0.0195. The summed E-state index contributed by atoms with van der Waals surface area (Å²) < 4.78 is 17.7. The maximum absolute atomic E-state index is 13.5. The van der Waals surface area contributed by atoms with Crippen molar-refractivity contribution in [2.45, 2.75) is 352 Å². The van der Waals surface area contributed by atoms with Gasteiger partial charge in [-0.1, -0.05) is 285 Å². The van der Waals surface area contributed by atoms with Crippen molar-refractivity contribution in [3.05, 3.63) is 97.2 Å². The summed E-state index contributed by atoms with van der Waals surface area (Å²) in [6.07, 6.45) is 72.9. The van der Waals surface area contributed by atoms with Crippen molar-refractivity contribution in [2.24, 2.45) is 0 Å². The molecule has 0 aliphatic carbocycles. The molecule has 0 spiro atoms. The molecule has 86 heavy (non-hydrogen) atoms. The van der Waals surface area contributed by atoms with Crippen LogP contribution in [-0.4, -0.2) is 99.6 Å². The lowest BCUT2D eigenvalue weighted by atomic mass is 9.99. The molecule has 0 bridgehead atoms. The van der Waals surface area contributed by atoms with Gasteiger partial charge in [0.1, 0.15) is 24.4 Å². The molecule has 0 aromatic heterocycles. The van der Waals surface area contributed by atoms with E-state index in [0.717, 1.165) is 116 Å². The number of hydrogen-bond donors (Lipinski definition) is 6. The third kappa shape index (κ3) is 48.5. The normalized spacial score (nSPS) is 18.9. The number of ether oxygens (including phenoxy) is 3. The lowest BCUT2D eigenvalue weighted by molar-refractivity contribution is -0.305. The molecular weight excluding hydrogens is 1070 g/mol. The number of unbranched alkanes of at least 4 members (excludes halogenated alkanes) is 32. The Morgan fingerprint density at radius 1 is 0.453 bits per heavy atom. The lowest BCUT2D eigenvalue weighted by Crippen LogP contribution is -2.61. The minimum atomic E-state index is -1.62. The number of carbonyl (C=O) groups excluding carboxylic acids is 2. The molecule has 1 heterocycles. The standard InChI is InChI=1S/C75H131NO10/c1-4-7-10-13-16-19-22-25-27-29-31-33-34-35-36-37-39-41-43-45-48-51-54-57-60-63-70(80)86-73-72(82)71(81)69(64-77)85-75(73)84-65-66(67(78)61-58-55-52-49-46-24-21-18-15-12-9-6-3)76-74(83)68(79)62-59-56-53-50-47-44-42-40-38-32-30-28-26-23-20-17-14-11-8-5-2/h16-17,19-20,25-28,31-33,35-36,38,58,61,66-69,71-73,75,77-79,81-82H,4-15,18,21-24,29-30,34,37,39-57,59-60,62-65H2,1-3H3,(H,76,83)/b19-16-,20-17-,27-25-,28-26-,33-31-,36-35-,38-32-,61-58+. The van der Waals surface area contributed by atoms with E-state index in [0.29, 0.717) is 12.8 Å². The summed E-state index contributed by atoms with van der Waals surface area (Å²) in [4.78, 5) is 26.7. The zero-order valence-electron chi connectivity index (χ0n) is 55.2. The van der Waals surface area contributed by atoms with Crippen molar-refractivity contribution in [3.63, 3.8) is 0 Å². The zero-order chi connectivity index (χ0) is 62.4. The first-order valence-corrected chi connectivity index (χ1v) is 35.5. The molecule has 0 aromatic rings. The van der Waals surface area contributed by atoms with Gasteiger partial charge in [0.15, 0.2) is 12.4 Å². The van der Waals surface area contributed by atoms with Gasteiger partial charge in [-0.3, -0.25) is 9.59 Å². The molecule has 0 aromatic carbocycles. The number of esters is 1. The Hall–Kier alpha value is -3.42. The maximum atomic E-state index is 13.5. The molecule has 1 amide bonds. The molecule has 1 fully saturated rings. The fourth-order valence-electron chi connectivity index (χ4n) is 10.6. The van der Waals surface area contributed by atoms with E-state index in [2.05, 4.69) is 111 Å². The molecule has 8 unspecified atom stereocenters. The summed E-state index contributed by atoms with van der Waals surface area (Å²) in [6, 6.07) is -1.04. The molecule has 6 N–H and O–H groups in total. The predicted molar refractivity (Wildman–Crippen MR) is 361 cm³/mol. The van der Waals surface area contributed by atoms with Gasteiger partial charge < -0.3 is 45.1 Å². The van der Waals surface area contributed by atoms with Crippen LogP contribution < -0.4 is 5.32 Å². The molecule has 11 nitrogen and oxygen atoms in total. The Bertz CT molecular complexity index is 1770. The van der Waals surface area contributed by atoms with E-state index in [-0.39, 0.29) is 19.4 Å². The van der Waals surface area contributed by atoms with Crippen LogP contribution in [0.5, 0.6) is 0 Å². The Balaban J connectivity index is 2.59. The van der Waals surface area contributed by atoms with Gasteiger partial charge in [0.25, 0.3) is 0 Å². The van der Waals surface area contributed by atoms with Crippen LogP contribution in [0.2, 0.25) is 0 Å². The molecule has 0 radical (unpaired) electrons. The van der Waals surface area contributed by atoms with Crippen LogP contribution in [0.15, 0.2) is 97.2 Å². The first-order chi connectivity index (χ1) is 42.2. The molecule has 11 heteroatoms. The fraction of sp³-hybridized carbons (Fsp3) is 0.760. The Morgan fingerprint density at radius 2 is 0.802 bits per heavy atom. The number of aliphatic hydroxyl groups excluding tert-OH is 5. The van der Waals surface area contributed by atoms with Crippen molar-refractivity contribution in [2.75, 3.05) is 13.2 Å². The van der Waals surface area contributed by atoms with Gasteiger partial charge in [0.05, 0.1) is 25.4 Å². The van der Waals surface area contributed by atoms with Crippen LogP contribution in [0.25, 0.3) is 0 Å². The Labute approximate surface area is 526 Å². The van der Waals surface area contributed by atoms with Crippen molar-refractivity contribution in [1.82, 2.24) is 5.32 Å². The highest BCUT2D eigenvalue weighted by molar-refractivity contribution is 5.80. The molecule has 1 saturated heterocycles. The SMILES string of the molecule is CCCCC/C=C\C/C=C\C/C=C\C/C=C\CCCCCCCCCCCC(=O)OC1C(OCC(NC(=O)C(O)CCCCCCCCC/C=C\C/C=C\C/C=C\CCCCC)C(O)/C=C/CCCCCCCCCCCC)OC(CO)C(O)C1O. The molecule has 1 rings (SSSR count). The summed E-state index contributed by atoms with van der Waals surface area (Å²) in [5.74, 6) is -1.21. The number of hydrogen-bond acceptors (Lipinski definition) is 10. The summed E-state index contributed by atoms with van der Waals surface area (Å²) in [7, 11) is 0. The third-order valence-electron chi connectivity index (χ3n) is 16.2. The van der Waals surface area contributed by atoms with Gasteiger partial charge in [-0.05, 0) is 109 Å². The Kier molecular flexibility index (Phi) is 57.9. The van der Waals surface area contributed by atoms with Crippen molar-refractivity contribution >= 4 is 11.9 Å². The van der Waals surface area contributed by atoms with Crippen molar-refractivity contribution < 1.29 is 49.3 Å². The number of carbonyl (C=O) groups is 2. The number of rotatable bonds is 60. The summed E-state index contributed by atoms with van der Waals surface area (Å²) >= 11 is 0. The second-order valence-corrected chi connectivity index (χ2v) is 24.3. The van der Waals surface area contributed by atoms with Gasteiger partial charge in [-0.2, -0.15) is 0 Å². The van der Waals surface area contributed by atoms with Crippen LogP contribution >= 0.6 is 0 Å². The van der Waals surface area contributed by atoms with Crippen LogP contribution in [0.4, 0.5) is 0 Å². The number of allylic oxidation sites excluding steroid dienone is 15. The second-order valence-electron chi connectivity index (χ2n) is 24.3. The lowest BCUT2D eigenvalue weighted by Gasteiger charge is -2.41. The molecular formula is C75H131NO10. The summed E-state index contributed by atoms with van der Waals surface area (Å²) in [5.41, 5.74) is 0. The minimum absolute atomic E-state index is 0.112. The zero-order valence-corrected chi connectivity index (χ0v) is 55.2. The van der Waals surface area contributed by atoms with Gasteiger partial charge in [-0.25, -0.2) is 0 Å². The van der Waals surface area contributed by atoms with E-state index in [1.807, 2.05) is 6.08 Å². The summed E-state index contributed by atoms with van der Waals surface area (Å²) in [6.45, 7) is 5.75. The number of aliphatic hydroxyl groups is 5. The molecule has 496 valence electrons. The van der Waals surface area contributed by atoms with E-state index < -0.39 is 67.4 Å². The van der Waals surface area contributed by atoms with Gasteiger partial charge >= 0.3 is 5.97 Å². The predicted octanol–water partition coefficient (Wildman–Crippen LogP) is 18.2. The van der Waals surface area contributed by atoms with Gasteiger partial charge in [-0.15, -0.1) is 0 Å². The molecule has 1 aliphatic rings. The van der Waals surface area contributed by atoms with Gasteiger partial charge in [0.2, 0.25) is 5.91 Å². The third-order valence-corrected chi connectivity index (χ3v) is 16.2. The molecule has 0 saturated carbocycles.